The van der Waals surface area contributed by atoms with Gasteiger partial charge in [-0.25, -0.2) is 0 Å². The second-order valence-corrected chi connectivity index (χ2v) is 6.15. The first-order valence-corrected chi connectivity index (χ1v) is 7.67. The first-order valence-electron chi connectivity index (χ1n) is 7.67. The van der Waals surface area contributed by atoms with E-state index in [9.17, 15) is 14.9 Å². The van der Waals surface area contributed by atoms with Crippen LogP contribution < -0.4 is 10.6 Å². The van der Waals surface area contributed by atoms with Gasteiger partial charge in [-0.15, -0.1) is 0 Å². The topological polar surface area (TPSA) is 113 Å². The second kappa shape index (κ2) is 6.87. The van der Waals surface area contributed by atoms with E-state index >= 15 is 0 Å². The number of nitrogens with one attached hydrogen (secondary N) is 3. The lowest BCUT2D eigenvalue weighted by atomic mass is 9.81. The van der Waals surface area contributed by atoms with Gasteiger partial charge in [-0.1, -0.05) is 20.3 Å². The Kier molecular flexibility index (Phi) is 5.12. The highest BCUT2D eigenvalue weighted by molar-refractivity contribution is 5.96. The molecule has 1 aromatic rings. The van der Waals surface area contributed by atoms with Crippen molar-refractivity contribution >= 4 is 11.6 Å². The van der Waals surface area contributed by atoms with Crippen molar-refractivity contribution in [3.63, 3.8) is 0 Å². The number of piperidine rings is 1. The number of carbonyl (C=O) groups excluding carboxylic acids is 1. The molecule has 2 heterocycles. The van der Waals surface area contributed by atoms with E-state index in [1.807, 2.05) is 6.92 Å². The normalized spacial score (nSPS) is 17.2. The van der Waals surface area contributed by atoms with Crippen LogP contribution in [0.2, 0.25) is 0 Å². The summed E-state index contributed by atoms with van der Waals surface area (Å²) in [6.07, 6.45) is 3.18. The number of hydrogen-bond acceptors (Lipinski definition) is 5. The van der Waals surface area contributed by atoms with E-state index < -0.39 is 10.8 Å². The number of carbonyl (C=O) groups is 1. The lowest BCUT2D eigenvalue weighted by Gasteiger charge is -2.33. The number of nitro groups is 1. The van der Waals surface area contributed by atoms with Crippen LogP contribution in [0.3, 0.4) is 0 Å². The molecule has 1 fully saturated rings. The number of nitrogens with zero attached hydrogens (tertiary/aromatic N) is 2. The van der Waals surface area contributed by atoms with E-state index in [2.05, 4.69) is 27.8 Å². The van der Waals surface area contributed by atoms with Crippen molar-refractivity contribution in [3.05, 3.63) is 21.5 Å². The number of aromatic amines is 1. The van der Waals surface area contributed by atoms with Crippen molar-refractivity contribution in [2.45, 2.75) is 39.5 Å². The highest BCUT2D eigenvalue weighted by Crippen LogP contribution is 2.27. The van der Waals surface area contributed by atoms with Crippen LogP contribution in [0.1, 0.15) is 49.3 Å². The molecule has 0 aliphatic carbocycles. The van der Waals surface area contributed by atoms with Gasteiger partial charge in [0.1, 0.15) is 5.69 Å². The van der Waals surface area contributed by atoms with Gasteiger partial charge in [-0.05, 0) is 37.8 Å². The largest absolute Gasteiger partial charge is 0.350 e. The number of H-pyrrole nitrogens is 1. The summed E-state index contributed by atoms with van der Waals surface area (Å²) in [5.74, 6) is -0.481. The standard InChI is InChI=1S/C14H23N5O3/c1-3-4-10-12(19(21)22)11(18-17-10)13(20)16-9-14(2)5-7-15-8-6-14/h15H,3-9H2,1-2H3,(H,16,20)(H,17,18). The minimum atomic E-state index is -0.532. The molecule has 3 N–H and O–H groups in total. The smallest absolute Gasteiger partial charge is 0.322 e. The van der Waals surface area contributed by atoms with E-state index in [1.165, 1.54) is 0 Å². The molecule has 0 saturated carbocycles. The highest BCUT2D eigenvalue weighted by atomic mass is 16.6. The molecular formula is C14H23N5O3. The van der Waals surface area contributed by atoms with Gasteiger partial charge >= 0.3 is 5.69 Å². The summed E-state index contributed by atoms with van der Waals surface area (Å²) in [5, 5.41) is 23.8. The summed E-state index contributed by atoms with van der Waals surface area (Å²) in [6.45, 7) is 6.39. The van der Waals surface area contributed by atoms with Gasteiger partial charge in [-0.3, -0.25) is 20.0 Å². The zero-order valence-corrected chi connectivity index (χ0v) is 13.1. The minimum absolute atomic E-state index is 0.0260. The molecule has 1 amide bonds. The molecule has 0 atom stereocenters. The predicted molar refractivity (Wildman–Crippen MR) is 81.8 cm³/mol. The Bertz CT molecular complexity index is 549. The summed E-state index contributed by atoms with van der Waals surface area (Å²) in [5.41, 5.74) is 0.115. The number of amides is 1. The number of aromatic nitrogens is 2. The Labute approximate surface area is 129 Å². The monoisotopic (exact) mass is 309 g/mol. The molecule has 8 nitrogen and oxygen atoms in total. The van der Waals surface area contributed by atoms with Crippen molar-refractivity contribution in [1.29, 1.82) is 0 Å². The first-order chi connectivity index (χ1) is 10.5. The molecule has 1 aromatic heterocycles. The van der Waals surface area contributed by atoms with Gasteiger partial charge in [0.15, 0.2) is 0 Å². The Morgan fingerprint density at radius 1 is 1.45 bits per heavy atom. The van der Waals surface area contributed by atoms with Gasteiger partial charge < -0.3 is 10.6 Å². The third-order valence-corrected chi connectivity index (χ3v) is 4.20. The fraction of sp³-hybridized carbons (Fsp3) is 0.714. The molecule has 0 unspecified atom stereocenters. The third kappa shape index (κ3) is 3.62. The minimum Gasteiger partial charge on any atom is -0.350 e. The lowest BCUT2D eigenvalue weighted by molar-refractivity contribution is -0.385. The maximum Gasteiger partial charge on any atom is 0.322 e. The average Bonchev–Trinajstić information content (AvgIpc) is 2.90. The lowest BCUT2D eigenvalue weighted by Crippen LogP contribution is -2.43. The summed E-state index contributed by atoms with van der Waals surface area (Å²) in [6, 6.07) is 0. The second-order valence-electron chi connectivity index (χ2n) is 6.15. The molecule has 0 spiro atoms. The van der Waals surface area contributed by atoms with Crippen LogP contribution in [0.4, 0.5) is 5.69 Å². The molecule has 8 heteroatoms. The van der Waals surface area contributed by atoms with E-state index in [0.29, 0.717) is 18.7 Å². The molecule has 0 bridgehead atoms. The highest BCUT2D eigenvalue weighted by Gasteiger charge is 2.31. The molecular weight excluding hydrogens is 286 g/mol. The van der Waals surface area contributed by atoms with Crippen molar-refractivity contribution in [1.82, 2.24) is 20.8 Å². The van der Waals surface area contributed by atoms with Crippen LogP contribution in [0.5, 0.6) is 0 Å². The maximum atomic E-state index is 12.3. The molecule has 0 aromatic carbocycles. The SMILES string of the molecule is CCCc1[nH]nc(C(=O)NCC2(C)CCNCC2)c1[N+](=O)[O-]. The average molecular weight is 309 g/mol. The Hall–Kier alpha value is -1.96. The summed E-state index contributed by atoms with van der Waals surface area (Å²) in [4.78, 5) is 22.9. The quantitative estimate of drug-likeness (QED) is 0.543. The molecule has 1 aliphatic heterocycles. The van der Waals surface area contributed by atoms with Crippen LogP contribution in [-0.4, -0.2) is 40.7 Å². The van der Waals surface area contributed by atoms with Gasteiger partial charge in [0, 0.05) is 6.54 Å². The van der Waals surface area contributed by atoms with Crippen LogP contribution in [-0.2, 0) is 6.42 Å². The van der Waals surface area contributed by atoms with Gasteiger partial charge in [0.25, 0.3) is 5.91 Å². The van der Waals surface area contributed by atoms with E-state index in [4.69, 9.17) is 0 Å². The number of aryl methyl sites for hydroxylation is 1. The fourth-order valence-corrected chi connectivity index (χ4v) is 2.74. The van der Waals surface area contributed by atoms with Crippen LogP contribution in [0.15, 0.2) is 0 Å². The van der Waals surface area contributed by atoms with Crippen molar-refractivity contribution in [2.75, 3.05) is 19.6 Å². The fourth-order valence-electron chi connectivity index (χ4n) is 2.74. The van der Waals surface area contributed by atoms with Gasteiger partial charge in [0.05, 0.1) is 4.92 Å². The zero-order valence-electron chi connectivity index (χ0n) is 13.1. The molecule has 122 valence electrons. The molecule has 22 heavy (non-hydrogen) atoms. The molecule has 2 rings (SSSR count). The summed E-state index contributed by atoms with van der Waals surface area (Å²) in [7, 11) is 0. The summed E-state index contributed by atoms with van der Waals surface area (Å²) >= 11 is 0. The van der Waals surface area contributed by atoms with Crippen molar-refractivity contribution < 1.29 is 9.72 Å². The first kappa shape index (κ1) is 16.4. The van der Waals surface area contributed by atoms with Crippen LogP contribution in [0.25, 0.3) is 0 Å². The molecule has 1 aliphatic rings. The zero-order chi connectivity index (χ0) is 16.2. The molecule has 0 radical (unpaired) electrons. The van der Waals surface area contributed by atoms with E-state index in [-0.39, 0.29) is 16.8 Å². The van der Waals surface area contributed by atoms with Crippen molar-refractivity contribution in [3.8, 4) is 0 Å². The van der Waals surface area contributed by atoms with E-state index in [1.54, 1.807) is 0 Å². The predicted octanol–water partition coefficient (Wildman–Crippen LogP) is 1.39. The Balaban J connectivity index is 2.07. The Morgan fingerprint density at radius 3 is 2.73 bits per heavy atom. The van der Waals surface area contributed by atoms with Crippen molar-refractivity contribution in [2.24, 2.45) is 5.41 Å². The summed E-state index contributed by atoms with van der Waals surface area (Å²) < 4.78 is 0. The van der Waals surface area contributed by atoms with E-state index in [0.717, 1.165) is 32.4 Å². The Morgan fingerprint density at radius 2 is 2.14 bits per heavy atom. The van der Waals surface area contributed by atoms with Gasteiger partial charge in [0.2, 0.25) is 5.69 Å². The van der Waals surface area contributed by atoms with Crippen LogP contribution in [0, 0.1) is 15.5 Å². The molecule has 1 saturated heterocycles. The van der Waals surface area contributed by atoms with Crippen LogP contribution >= 0.6 is 0 Å². The number of hydrogen-bond donors (Lipinski definition) is 3. The third-order valence-electron chi connectivity index (χ3n) is 4.20. The maximum absolute atomic E-state index is 12.3. The van der Waals surface area contributed by atoms with Gasteiger partial charge in [-0.2, -0.15) is 5.10 Å². The number of rotatable bonds is 6.